The molecule has 5 heteroatoms. The maximum absolute atomic E-state index is 4.76. The molecular weight excluding hydrogens is 328 g/mol. The number of nitrogens with zero attached hydrogens (tertiary/aromatic N) is 2. The van der Waals surface area contributed by atoms with Gasteiger partial charge in [-0.05, 0) is 51.2 Å². The molecule has 1 aromatic heterocycles. The molecule has 25 heavy (non-hydrogen) atoms. The van der Waals surface area contributed by atoms with Gasteiger partial charge in [0.2, 0.25) is 0 Å². The Kier molecular flexibility index (Phi) is 6.08. The van der Waals surface area contributed by atoms with Crippen LogP contribution in [0.4, 0.5) is 0 Å². The highest BCUT2D eigenvalue weighted by Crippen LogP contribution is 2.30. The largest absolute Gasteiger partial charge is 0.357 e. The summed E-state index contributed by atoms with van der Waals surface area (Å²) in [7, 11) is 0. The predicted octanol–water partition coefficient (Wildman–Crippen LogP) is 3.94. The topological polar surface area (TPSA) is 49.3 Å². The number of thiazole rings is 1. The number of hydrogen-bond acceptors (Lipinski definition) is 3. The van der Waals surface area contributed by atoms with E-state index in [2.05, 4.69) is 60.7 Å². The molecule has 0 aliphatic heterocycles. The number of aryl methyl sites for hydroxylation is 3. The number of aliphatic imine (C=N–C) groups is 1. The van der Waals surface area contributed by atoms with Crippen LogP contribution < -0.4 is 10.6 Å². The van der Waals surface area contributed by atoms with Crippen molar-refractivity contribution < 1.29 is 0 Å². The Morgan fingerprint density at radius 2 is 2.12 bits per heavy atom. The molecular formula is C20H28N4S. The minimum atomic E-state index is 0.571. The summed E-state index contributed by atoms with van der Waals surface area (Å²) in [6.07, 6.45) is 3.73. The van der Waals surface area contributed by atoms with Gasteiger partial charge in [-0.2, -0.15) is 0 Å². The smallest absolute Gasteiger partial charge is 0.191 e. The zero-order valence-electron chi connectivity index (χ0n) is 15.4. The van der Waals surface area contributed by atoms with E-state index in [0.717, 1.165) is 29.8 Å². The van der Waals surface area contributed by atoms with E-state index in [1.54, 1.807) is 11.3 Å². The predicted molar refractivity (Wildman–Crippen MR) is 107 cm³/mol. The standard InChI is InChI=1S/C20H28N4S/c1-4-21-20(23-13-19-14(2)24-15(3)25-19)22-12-17-10-7-9-16-8-5-6-11-18(16)17/h5-6,8,11,17H,4,7,9-10,12-13H2,1-3H3,(H2,21,22,23). The molecule has 0 spiro atoms. The second-order valence-electron chi connectivity index (χ2n) is 6.61. The first-order valence-electron chi connectivity index (χ1n) is 9.20. The van der Waals surface area contributed by atoms with Crippen LogP contribution in [-0.4, -0.2) is 24.0 Å². The van der Waals surface area contributed by atoms with Crippen molar-refractivity contribution in [3.05, 3.63) is 51.0 Å². The van der Waals surface area contributed by atoms with Gasteiger partial charge in [-0.3, -0.25) is 0 Å². The van der Waals surface area contributed by atoms with Gasteiger partial charge in [-0.25, -0.2) is 9.98 Å². The molecule has 4 nitrogen and oxygen atoms in total. The lowest BCUT2D eigenvalue weighted by atomic mass is 9.83. The van der Waals surface area contributed by atoms with Gasteiger partial charge in [-0.1, -0.05) is 24.3 Å². The fraction of sp³-hybridized carbons (Fsp3) is 0.500. The molecule has 2 N–H and O–H groups in total. The fourth-order valence-corrected chi connectivity index (χ4v) is 4.36. The van der Waals surface area contributed by atoms with Crippen LogP contribution in [0.3, 0.4) is 0 Å². The van der Waals surface area contributed by atoms with Gasteiger partial charge in [0.1, 0.15) is 0 Å². The van der Waals surface area contributed by atoms with Crippen molar-refractivity contribution >= 4 is 17.3 Å². The van der Waals surface area contributed by atoms with Crippen LogP contribution in [0.1, 0.15) is 52.4 Å². The number of fused-ring (bicyclic) bond motifs is 1. The zero-order valence-corrected chi connectivity index (χ0v) is 16.2. The van der Waals surface area contributed by atoms with Crippen molar-refractivity contribution in [1.29, 1.82) is 0 Å². The molecule has 1 unspecified atom stereocenters. The third-order valence-corrected chi connectivity index (χ3v) is 5.79. The molecule has 0 saturated carbocycles. The Bertz CT molecular complexity index is 735. The average Bonchev–Trinajstić information content (AvgIpc) is 2.94. The Labute approximate surface area is 154 Å². The highest BCUT2D eigenvalue weighted by molar-refractivity contribution is 7.11. The minimum Gasteiger partial charge on any atom is -0.357 e. The van der Waals surface area contributed by atoms with E-state index < -0.39 is 0 Å². The Morgan fingerprint density at radius 1 is 1.28 bits per heavy atom. The Morgan fingerprint density at radius 3 is 2.88 bits per heavy atom. The van der Waals surface area contributed by atoms with Crippen LogP contribution in [-0.2, 0) is 13.0 Å². The van der Waals surface area contributed by atoms with E-state index in [0.29, 0.717) is 12.5 Å². The quantitative estimate of drug-likeness (QED) is 0.630. The number of nitrogens with one attached hydrogen (secondary N) is 2. The fourth-order valence-electron chi connectivity index (χ4n) is 3.50. The van der Waals surface area contributed by atoms with E-state index in [-0.39, 0.29) is 0 Å². The van der Waals surface area contributed by atoms with Gasteiger partial charge < -0.3 is 10.6 Å². The van der Waals surface area contributed by atoms with E-state index in [1.807, 2.05) is 0 Å². The van der Waals surface area contributed by atoms with Gasteiger partial charge in [0, 0.05) is 23.9 Å². The van der Waals surface area contributed by atoms with Crippen LogP contribution in [0.15, 0.2) is 29.3 Å². The van der Waals surface area contributed by atoms with Crippen molar-refractivity contribution in [2.24, 2.45) is 4.99 Å². The minimum absolute atomic E-state index is 0.571. The number of benzene rings is 1. The van der Waals surface area contributed by atoms with Gasteiger partial charge >= 0.3 is 0 Å². The number of hydrogen-bond donors (Lipinski definition) is 2. The average molecular weight is 357 g/mol. The van der Waals surface area contributed by atoms with Crippen LogP contribution in [0, 0.1) is 13.8 Å². The second-order valence-corrected chi connectivity index (χ2v) is 7.89. The molecule has 0 amide bonds. The second kappa shape index (κ2) is 8.48. The maximum atomic E-state index is 4.76. The molecule has 1 heterocycles. The van der Waals surface area contributed by atoms with E-state index in [9.17, 15) is 0 Å². The lowest BCUT2D eigenvalue weighted by molar-refractivity contribution is 0.539. The first kappa shape index (κ1) is 17.9. The third-order valence-electron chi connectivity index (χ3n) is 4.73. The SMILES string of the molecule is CCNC(=NCc1sc(C)nc1C)NCC1CCCc2ccccc21. The molecule has 1 atom stereocenters. The lowest BCUT2D eigenvalue weighted by Gasteiger charge is -2.26. The molecule has 2 aromatic rings. The number of aromatic nitrogens is 1. The maximum Gasteiger partial charge on any atom is 0.191 e. The summed E-state index contributed by atoms with van der Waals surface area (Å²) in [5.74, 6) is 1.47. The molecule has 0 bridgehead atoms. The first-order valence-corrected chi connectivity index (χ1v) is 10.0. The van der Waals surface area contributed by atoms with E-state index >= 15 is 0 Å². The third kappa shape index (κ3) is 4.60. The normalized spacial score (nSPS) is 17.2. The number of guanidine groups is 1. The summed E-state index contributed by atoms with van der Waals surface area (Å²) in [5, 5.41) is 8.03. The summed E-state index contributed by atoms with van der Waals surface area (Å²) < 4.78 is 0. The molecule has 1 aromatic carbocycles. The molecule has 134 valence electrons. The molecule has 3 rings (SSSR count). The molecule has 0 saturated heterocycles. The van der Waals surface area contributed by atoms with Crippen molar-refractivity contribution in [3.8, 4) is 0 Å². The van der Waals surface area contributed by atoms with Crippen LogP contribution in [0.25, 0.3) is 0 Å². The van der Waals surface area contributed by atoms with Crippen LogP contribution >= 0.6 is 11.3 Å². The Hall–Kier alpha value is -1.88. The van der Waals surface area contributed by atoms with Gasteiger partial charge in [0.05, 0.1) is 17.2 Å². The van der Waals surface area contributed by atoms with E-state index in [1.165, 1.54) is 35.3 Å². The van der Waals surface area contributed by atoms with Crippen LogP contribution in [0.2, 0.25) is 0 Å². The first-order chi connectivity index (χ1) is 12.2. The summed E-state index contributed by atoms with van der Waals surface area (Å²) in [5.41, 5.74) is 4.12. The van der Waals surface area contributed by atoms with Gasteiger partial charge in [0.15, 0.2) is 5.96 Å². The zero-order chi connectivity index (χ0) is 17.6. The molecule has 0 radical (unpaired) electrons. The van der Waals surface area contributed by atoms with Crippen LogP contribution in [0.5, 0.6) is 0 Å². The van der Waals surface area contributed by atoms with Crippen molar-refractivity contribution in [2.75, 3.05) is 13.1 Å². The summed E-state index contributed by atoms with van der Waals surface area (Å²) in [6, 6.07) is 8.87. The highest BCUT2D eigenvalue weighted by atomic mass is 32.1. The Balaban J connectivity index is 1.64. The monoisotopic (exact) mass is 356 g/mol. The van der Waals surface area contributed by atoms with Crippen molar-refractivity contribution in [2.45, 2.75) is 52.5 Å². The summed E-state index contributed by atoms with van der Waals surface area (Å²) >= 11 is 1.74. The lowest BCUT2D eigenvalue weighted by Crippen LogP contribution is -2.39. The van der Waals surface area contributed by atoms with Crippen molar-refractivity contribution in [3.63, 3.8) is 0 Å². The van der Waals surface area contributed by atoms with Gasteiger partial charge in [0.25, 0.3) is 0 Å². The summed E-state index contributed by atoms with van der Waals surface area (Å²) in [4.78, 5) is 10.5. The molecule has 1 aliphatic carbocycles. The summed E-state index contributed by atoms with van der Waals surface area (Å²) in [6.45, 7) is 8.71. The highest BCUT2D eigenvalue weighted by Gasteiger charge is 2.19. The van der Waals surface area contributed by atoms with E-state index in [4.69, 9.17) is 4.99 Å². The van der Waals surface area contributed by atoms with Crippen molar-refractivity contribution in [1.82, 2.24) is 15.6 Å². The van der Waals surface area contributed by atoms with Gasteiger partial charge in [-0.15, -0.1) is 11.3 Å². The molecule has 1 aliphatic rings. The molecule has 0 fully saturated rings. The number of rotatable bonds is 5.